The topological polar surface area (TPSA) is 74.8 Å². The summed E-state index contributed by atoms with van der Waals surface area (Å²) in [5.41, 5.74) is 0.595. The molecule has 0 radical (unpaired) electrons. The lowest BCUT2D eigenvalue weighted by atomic mass is 10.2. The van der Waals surface area contributed by atoms with Crippen LogP contribution < -0.4 is 5.32 Å². The Morgan fingerprint density at radius 1 is 1.25 bits per heavy atom. The molecule has 2 saturated heterocycles. The number of carbonyl (C=O) groups is 2. The molecule has 24 heavy (non-hydrogen) atoms. The van der Waals surface area contributed by atoms with Crippen molar-refractivity contribution in [1.82, 2.24) is 20.1 Å². The number of likely N-dealkylation sites (N-methyl/N-ethyl adjacent to an activating group) is 1. The number of rotatable bonds is 4. The zero-order chi connectivity index (χ0) is 16.9. The Balaban J connectivity index is 1.60. The predicted molar refractivity (Wildman–Crippen MR) is 88.9 cm³/mol. The van der Waals surface area contributed by atoms with Gasteiger partial charge in [-0.15, -0.1) is 0 Å². The molecule has 2 fully saturated rings. The molecular formula is C17H24N4O3. The van der Waals surface area contributed by atoms with Crippen molar-refractivity contribution in [2.45, 2.75) is 18.9 Å². The van der Waals surface area contributed by atoms with E-state index in [4.69, 9.17) is 4.74 Å². The van der Waals surface area contributed by atoms with Gasteiger partial charge in [0.2, 0.25) is 0 Å². The van der Waals surface area contributed by atoms with E-state index in [2.05, 4.69) is 15.2 Å². The van der Waals surface area contributed by atoms with Crippen LogP contribution in [-0.2, 0) is 4.74 Å². The van der Waals surface area contributed by atoms with Crippen molar-refractivity contribution in [1.29, 1.82) is 0 Å². The van der Waals surface area contributed by atoms with E-state index >= 15 is 0 Å². The summed E-state index contributed by atoms with van der Waals surface area (Å²) in [4.78, 5) is 33.0. The highest BCUT2D eigenvalue weighted by molar-refractivity contribution is 5.96. The molecule has 0 spiro atoms. The Labute approximate surface area is 142 Å². The number of hydrogen-bond acceptors (Lipinski definition) is 5. The molecule has 1 aromatic heterocycles. The Hall–Kier alpha value is -1.99. The van der Waals surface area contributed by atoms with Gasteiger partial charge in [-0.3, -0.25) is 9.59 Å². The number of nitrogens with zero attached hydrogens (tertiary/aromatic N) is 3. The van der Waals surface area contributed by atoms with Crippen LogP contribution in [0.25, 0.3) is 0 Å². The van der Waals surface area contributed by atoms with Crippen molar-refractivity contribution < 1.29 is 14.3 Å². The first-order chi connectivity index (χ1) is 11.6. The van der Waals surface area contributed by atoms with Crippen LogP contribution in [0.2, 0.25) is 0 Å². The quantitative estimate of drug-likeness (QED) is 0.863. The van der Waals surface area contributed by atoms with Gasteiger partial charge in [0.15, 0.2) is 0 Å². The first-order valence-corrected chi connectivity index (χ1v) is 8.48. The largest absolute Gasteiger partial charge is 0.376 e. The van der Waals surface area contributed by atoms with Crippen LogP contribution in [0.15, 0.2) is 18.2 Å². The smallest absolute Gasteiger partial charge is 0.272 e. The van der Waals surface area contributed by atoms with E-state index in [1.807, 2.05) is 7.05 Å². The lowest BCUT2D eigenvalue weighted by Gasteiger charge is -2.32. The van der Waals surface area contributed by atoms with Gasteiger partial charge in [-0.25, -0.2) is 4.98 Å². The fourth-order valence-electron chi connectivity index (χ4n) is 2.95. The van der Waals surface area contributed by atoms with Crippen molar-refractivity contribution in [2.24, 2.45) is 0 Å². The second-order valence-electron chi connectivity index (χ2n) is 6.35. The highest BCUT2D eigenvalue weighted by atomic mass is 16.5. The standard InChI is InChI=1S/C17H24N4O3/c1-20-7-9-21(10-8-20)17(23)15-6-2-5-14(19-15)16(22)18-12-13-4-3-11-24-13/h2,5-6,13H,3-4,7-12H2,1H3,(H,18,22). The van der Waals surface area contributed by atoms with Crippen LogP contribution in [0.4, 0.5) is 0 Å². The van der Waals surface area contributed by atoms with Crippen LogP contribution in [0.3, 0.4) is 0 Å². The van der Waals surface area contributed by atoms with Gasteiger partial charge in [0.25, 0.3) is 11.8 Å². The van der Waals surface area contributed by atoms with Gasteiger partial charge in [-0.2, -0.15) is 0 Å². The third kappa shape index (κ3) is 4.10. The van der Waals surface area contributed by atoms with Crippen LogP contribution in [-0.4, -0.2) is 79.1 Å². The normalized spacial score (nSPS) is 21.7. The monoisotopic (exact) mass is 332 g/mol. The molecule has 3 rings (SSSR count). The third-order valence-corrected chi connectivity index (χ3v) is 4.51. The summed E-state index contributed by atoms with van der Waals surface area (Å²) in [6.45, 7) is 4.32. The summed E-state index contributed by atoms with van der Waals surface area (Å²) in [5.74, 6) is -0.379. The van der Waals surface area contributed by atoms with Gasteiger partial charge in [0, 0.05) is 39.3 Å². The Morgan fingerprint density at radius 3 is 2.71 bits per heavy atom. The van der Waals surface area contributed by atoms with E-state index in [-0.39, 0.29) is 23.6 Å². The first-order valence-electron chi connectivity index (χ1n) is 8.48. The maximum absolute atomic E-state index is 12.5. The van der Waals surface area contributed by atoms with Gasteiger partial charge in [0.1, 0.15) is 11.4 Å². The van der Waals surface area contributed by atoms with E-state index in [1.54, 1.807) is 23.1 Å². The van der Waals surface area contributed by atoms with Crippen molar-refractivity contribution in [3.63, 3.8) is 0 Å². The number of piperazine rings is 1. The summed E-state index contributed by atoms with van der Waals surface area (Å²) in [7, 11) is 2.04. The minimum absolute atomic E-state index is 0.0871. The lowest BCUT2D eigenvalue weighted by molar-refractivity contribution is 0.0658. The lowest BCUT2D eigenvalue weighted by Crippen LogP contribution is -2.47. The average Bonchev–Trinajstić information content (AvgIpc) is 3.13. The second kappa shape index (κ2) is 7.72. The Bertz CT molecular complexity index is 593. The van der Waals surface area contributed by atoms with Crippen LogP contribution in [0.1, 0.15) is 33.8 Å². The summed E-state index contributed by atoms with van der Waals surface area (Å²) >= 11 is 0. The van der Waals surface area contributed by atoms with Gasteiger partial charge in [0.05, 0.1) is 6.10 Å². The van der Waals surface area contributed by atoms with Crippen LogP contribution >= 0.6 is 0 Å². The van der Waals surface area contributed by atoms with Gasteiger partial charge < -0.3 is 19.9 Å². The minimum Gasteiger partial charge on any atom is -0.376 e. The van der Waals surface area contributed by atoms with Crippen molar-refractivity contribution >= 4 is 11.8 Å². The van der Waals surface area contributed by atoms with Crippen molar-refractivity contribution in [3.05, 3.63) is 29.6 Å². The number of amides is 2. The third-order valence-electron chi connectivity index (χ3n) is 4.51. The molecule has 3 heterocycles. The number of hydrogen-bond donors (Lipinski definition) is 1. The molecule has 1 N–H and O–H groups in total. The predicted octanol–water partition coefficient (Wildman–Crippen LogP) is 0.378. The zero-order valence-corrected chi connectivity index (χ0v) is 14.0. The molecule has 2 aliphatic rings. The van der Waals surface area contributed by atoms with Crippen LogP contribution in [0.5, 0.6) is 0 Å². The Kier molecular flexibility index (Phi) is 5.42. The molecule has 1 atom stereocenters. The van der Waals surface area contributed by atoms with Crippen molar-refractivity contribution in [2.75, 3.05) is 46.4 Å². The van der Waals surface area contributed by atoms with Gasteiger partial charge >= 0.3 is 0 Å². The number of aromatic nitrogens is 1. The first kappa shape index (κ1) is 16.9. The highest BCUT2D eigenvalue weighted by Crippen LogP contribution is 2.11. The Morgan fingerprint density at radius 2 is 2.00 bits per heavy atom. The van der Waals surface area contributed by atoms with E-state index in [0.29, 0.717) is 25.3 Å². The number of nitrogens with one attached hydrogen (secondary N) is 1. The summed E-state index contributed by atoms with van der Waals surface area (Å²) in [6.07, 6.45) is 2.09. The fourth-order valence-corrected chi connectivity index (χ4v) is 2.95. The van der Waals surface area contributed by atoms with Gasteiger partial charge in [-0.1, -0.05) is 6.07 Å². The molecule has 130 valence electrons. The van der Waals surface area contributed by atoms with E-state index in [0.717, 1.165) is 32.5 Å². The second-order valence-corrected chi connectivity index (χ2v) is 6.35. The maximum Gasteiger partial charge on any atom is 0.272 e. The van der Waals surface area contributed by atoms with E-state index in [1.165, 1.54) is 0 Å². The summed E-state index contributed by atoms with van der Waals surface area (Å²) in [5, 5.41) is 2.83. The molecule has 2 amide bonds. The molecule has 2 aliphatic heterocycles. The molecule has 0 aliphatic carbocycles. The number of pyridine rings is 1. The highest BCUT2D eigenvalue weighted by Gasteiger charge is 2.22. The fraction of sp³-hybridized carbons (Fsp3) is 0.588. The molecule has 1 aromatic rings. The summed E-state index contributed by atoms with van der Waals surface area (Å²) < 4.78 is 5.49. The molecule has 7 nitrogen and oxygen atoms in total. The summed E-state index contributed by atoms with van der Waals surface area (Å²) in [6, 6.07) is 5.00. The average molecular weight is 332 g/mol. The van der Waals surface area contributed by atoms with Gasteiger partial charge in [-0.05, 0) is 32.0 Å². The molecule has 0 bridgehead atoms. The number of ether oxygens (including phenoxy) is 1. The zero-order valence-electron chi connectivity index (χ0n) is 14.0. The molecule has 1 unspecified atom stereocenters. The molecule has 0 saturated carbocycles. The minimum atomic E-state index is -0.265. The van der Waals surface area contributed by atoms with Crippen molar-refractivity contribution in [3.8, 4) is 0 Å². The molecule has 7 heteroatoms. The SMILES string of the molecule is CN1CCN(C(=O)c2cccc(C(=O)NCC3CCCO3)n2)CC1. The number of carbonyl (C=O) groups excluding carboxylic acids is 2. The van der Waals surface area contributed by atoms with E-state index in [9.17, 15) is 9.59 Å². The van der Waals surface area contributed by atoms with Crippen LogP contribution in [0, 0.1) is 0 Å². The maximum atomic E-state index is 12.5. The molecular weight excluding hydrogens is 308 g/mol. The molecule has 0 aromatic carbocycles. The van der Waals surface area contributed by atoms with E-state index < -0.39 is 0 Å².